The van der Waals surface area contributed by atoms with Crippen LogP contribution in [0.4, 0.5) is 5.69 Å². The van der Waals surface area contributed by atoms with Crippen LogP contribution < -0.4 is 5.32 Å². The Labute approximate surface area is 156 Å². The van der Waals surface area contributed by atoms with E-state index in [9.17, 15) is 19.2 Å². The molecule has 8 nitrogen and oxygen atoms in total. The summed E-state index contributed by atoms with van der Waals surface area (Å²) in [6, 6.07) is 4.26. The van der Waals surface area contributed by atoms with Gasteiger partial charge in [0.05, 0.1) is 24.4 Å². The molecule has 0 bridgehead atoms. The quantitative estimate of drug-likeness (QED) is 0.786. The summed E-state index contributed by atoms with van der Waals surface area (Å²) in [6.45, 7) is 5.70. The number of nitrogens with zero attached hydrogens (tertiary/aromatic N) is 2. The second-order valence-electron chi connectivity index (χ2n) is 6.46. The minimum atomic E-state index is -0.808. The fraction of sp³-hybridized carbons (Fsp3) is 0.368. The first-order valence-electron chi connectivity index (χ1n) is 8.63. The Bertz CT molecular complexity index is 848. The zero-order chi connectivity index (χ0) is 19.7. The largest absolute Gasteiger partial charge is 0.383 e. The van der Waals surface area contributed by atoms with Crippen molar-refractivity contribution in [3.63, 3.8) is 0 Å². The van der Waals surface area contributed by atoms with Gasteiger partial charge in [0, 0.05) is 31.7 Å². The van der Waals surface area contributed by atoms with Crippen LogP contribution in [0.25, 0.3) is 5.70 Å². The van der Waals surface area contributed by atoms with Gasteiger partial charge in [-0.1, -0.05) is 18.7 Å². The Hall–Kier alpha value is -3.00. The van der Waals surface area contributed by atoms with Crippen LogP contribution in [0.3, 0.4) is 0 Å². The summed E-state index contributed by atoms with van der Waals surface area (Å²) >= 11 is 0. The number of rotatable bonds is 5. The van der Waals surface area contributed by atoms with E-state index in [1.807, 2.05) is 0 Å². The van der Waals surface area contributed by atoms with Crippen molar-refractivity contribution in [3.8, 4) is 0 Å². The summed E-state index contributed by atoms with van der Waals surface area (Å²) < 4.78 is 4.96. The van der Waals surface area contributed by atoms with E-state index in [-0.39, 0.29) is 37.8 Å². The zero-order valence-corrected chi connectivity index (χ0v) is 15.3. The van der Waals surface area contributed by atoms with E-state index in [4.69, 9.17) is 4.74 Å². The molecule has 1 fully saturated rings. The molecule has 1 aromatic carbocycles. The number of carbonyl (C=O) groups is 4. The van der Waals surface area contributed by atoms with Gasteiger partial charge in [-0.15, -0.1) is 0 Å². The van der Waals surface area contributed by atoms with Crippen molar-refractivity contribution < 1.29 is 23.9 Å². The average Bonchev–Trinajstić information content (AvgIpc) is 2.87. The second-order valence-corrected chi connectivity index (χ2v) is 6.46. The van der Waals surface area contributed by atoms with Crippen LogP contribution in [0.2, 0.25) is 0 Å². The molecule has 8 heteroatoms. The highest BCUT2D eigenvalue weighted by atomic mass is 16.5. The van der Waals surface area contributed by atoms with Gasteiger partial charge >= 0.3 is 0 Å². The number of anilines is 1. The molecule has 0 aromatic heterocycles. The SMILES string of the molecule is C=C1c2cccc(NC(C)=O)c2C(=O)N1C1CCC(=O)N(CCOC)C1=O. The highest BCUT2D eigenvalue weighted by Crippen LogP contribution is 2.39. The second kappa shape index (κ2) is 7.32. The maximum absolute atomic E-state index is 13.1. The molecule has 1 N–H and O–H groups in total. The smallest absolute Gasteiger partial charge is 0.261 e. The molecule has 2 heterocycles. The van der Waals surface area contributed by atoms with E-state index in [0.717, 1.165) is 4.90 Å². The van der Waals surface area contributed by atoms with Crippen LogP contribution in [-0.4, -0.2) is 59.7 Å². The monoisotopic (exact) mass is 371 g/mol. The molecule has 1 aromatic rings. The van der Waals surface area contributed by atoms with Gasteiger partial charge < -0.3 is 10.1 Å². The average molecular weight is 371 g/mol. The minimum Gasteiger partial charge on any atom is -0.383 e. The van der Waals surface area contributed by atoms with Crippen LogP contribution in [0, 0.1) is 0 Å². The van der Waals surface area contributed by atoms with E-state index in [0.29, 0.717) is 22.5 Å². The first kappa shape index (κ1) is 18.8. The van der Waals surface area contributed by atoms with Gasteiger partial charge in [0.25, 0.3) is 11.8 Å². The number of amides is 4. The normalized spacial score (nSPS) is 19.6. The van der Waals surface area contributed by atoms with Crippen LogP contribution >= 0.6 is 0 Å². The highest BCUT2D eigenvalue weighted by molar-refractivity contribution is 6.16. The Balaban J connectivity index is 1.93. The Morgan fingerprint density at radius 2 is 2.07 bits per heavy atom. The predicted octanol–water partition coefficient (Wildman–Crippen LogP) is 1.24. The summed E-state index contributed by atoms with van der Waals surface area (Å²) in [7, 11) is 1.49. The fourth-order valence-corrected chi connectivity index (χ4v) is 3.50. The van der Waals surface area contributed by atoms with Crippen LogP contribution in [0.5, 0.6) is 0 Å². The molecule has 0 spiro atoms. The van der Waals surface area contributed by atoms with E-state index < -0.39 is 17.9 Å². The van der Waals surface area contributed by atoms with Gasteiger partial charge in [-0.25, -0.2) is 0 Å². The van der Waals surface area contributed by atoms with Gasteiger partial charge in [0.15, 0.2) is 0 Å². The third-order valence-corrected chi connectivity index (χ3v) is 4.72. The van der Waals surface area contributed by atoms with Crippen molar-refractivity contribution in [1.82, 2.24) is 9.80 Å². The number of piperidine rings is 1. The lowest BCUT2D eigenvalue weighted by Gasteiger charge is -2.35. The van der Waals surface area contributed by atoms with Crippen LogP contribution in [-0.2, 0) is 19.1 Å². The molecule has 1 atom stereocenters. The fourth-order valence-electron chi connectivity index (χ4n) is 3.50. The minimum absolute atomic E-state index is 0.142. The third kappa shape index (κ3) is 3.23. The molecule has 3 rings (SSSR count). The lowest BCUT2D eigenvalue weighted by atomic mass is 10.0. The summed E-state index contributed by atoms with van der Waals surface area (Å²) in [5, 5.41) is 2.64. The lowest BCUT2D eigenvalue weighted by Crippen LogP contribution is -2.55. The van der Waals surface area contributed by atoms with E-state index in [1.165, 1.54) is 18.9 Å². The number of imide groups is 1. The van der Waals surface area contributed by atoms with Crippen LogP contribution in [0.15, 0.2) is 24.8 Å². The number of likely N-dealkylation sites (tertiary alicyclic amines) is 1. The molecule has 142 valence electrons. The highest BCUT2D eigenvalue weighted by Gasteiger charge is 2.45. The third-order valence-electron chi connectivity index (χ3n) is 4.72. The molecule has 2 aliphatic rings. The molecule has 4 amide bonds. The van der Waals surface area contributed by atoms with Gasteiger partial charge in [-0.2, -0.15) is 0 Å². The van der Waals surface area contributed by atoms with Crippen molar-refractivity contribution >= 4 is 35.0 Å². The number of fused-ring (bicyclic) bond motifs is 1. The molecular weight excluding hydrogens is 350 g/mol. The molecular formula is C19H21N3O5. The topological polar surface area (TPSA) is 96.0 Å². The number of benzene rings is 1. The predicted molar refractivity (Wildman–Crippen MR) is 97.6 cm³/mol. The standard InChI is InChI=1S/C19H21N3O5/c1-11-13-5-4-6-14(20-12(2)23)17(13)19(26)22(11)15-7-8-16(24)21(18(15)25)9-10-27-3/h4-6,15H,1,7-10H2,2-3H3,(H,20,23). The number of nitrogens with one attached hydrogen (secondary N) is 1. The number of methoxy groups -OCH3 is 1. The number of hydrogen-bond acceptors (Lipinski definition) is 5. The Morgan fingerprint density at radius 3 is 2.74 bits per heavy atom. The molecule has 0 aliphatic carbocycles. The van der Waals surface area contributed by atoms with E-state index in [2.05, 4.69) is 11.9 Å². The number of hydrogen-bond donors (Lipinski definition) is 1. The molecule has 0 radical (unpaired) electrons. The van der Waals surface area contributed by atoms with Gasteiger partial charge in [-0.05, 0) is 12.5 Å². The summed E-state index contributed by atoms with van der Waals surface area (Å²) in [5.41, 5.74) is 1.65. The number of ether oxygens (including phenoxy) is 1. The van der Waals surface area contributed by atoms with Gasteiger partial charge in [0.2, 0.25) is 11.8 Å². The molecule has 0 saturated carbocycles. The summed E-state index contributed by atoms with van der Waals surface area (Å²) in [4.78, 5) is 52.0. The molecule has 27 heavy (non-hydrogen) atoms. The van der Waals surface area contributed by atoms with Crippen molar-refractivity contribution in [2.75, 3.05) is 25.6 Å². The van der Waals surface area contributed by atoms with E-state index in [1.54, 1.807) is 18.2 Å². The summed E-state index contributed by atoms with van der Waals surface area (Å²) in [5.74, 6) is -1.42. The Kier molecular flexibility index (Phi) is 5.09. The molecule has 2 aliphatic heterocycles. The summed E-state index contributed by atoms with van der Waals surface area (Å²) in [6.07, 6.45) is 0.390. The number of carbonyl (C=O) groups excluding carboxylic acids is 4. The zero-order valence-electron chi connectivity index (χ0n) is 15.3. The van der Waals surface area contributed by atoms with Crippen molar-refractivity contribution in [2.45, 2.75) is 25.8 Å². The first-order chi connectivity index (χ1) is 12.9. The van der Waals surface area contributed by atoms with Crippen molar-refractivity contribution in [2.24, 2.45) is 0 Å². The molecule has 1 unspecified atom stereocenters. The van der Waals surface area contributed by atoms with Crippen molar-refractivity contribution in [3.05, 3.63) is 35.9 Å². The Morgan fingerprint density at radius 1 is 1.33 bits per heavy atom. The first-order valence-corrected chi connectivity index (χ1v) is 8.63. The van der Waals surface area contributed by atoms with E-state index >= 15 is 0 Å². The maximum Gasteiger partial charge on any atom is 0.261 e. The molecule has 1 saturated heterocycles. The van der Waals surface area contributed by atoms with Gasteiger partial charge in [-0.3, -0.25) is 29.0 Å². The maximum atomic E-state index is 13.1. The van der Waals surface area contributed by atoms with Crippen LogP contribution in [0.1, 0.15) is 35.7 Å². The van der Waals surface area contributed by atoms with Gasteiger partial charge in [0.1, 0.15) is 6.04 Å². The van der Waals surface area contributed by atoms with Crippen molar-refractivity contribution in [1.29, 1.82) is 0 Å². The lowest BCUT2D eigenvalue weighted by molar-refractivity contribution is -0.152.